The predicted molar refractivity (Wildman–Crippen MR) is 124 cm³/mol. The molecule has 0 fully saturated rings. The molecule has 0 bridgehead atoms. The van der Waals surface area contributed by atoms with Crippen molar-refractivity contribution in [3.8, 4) is 0 Å². The fraction of sp³-hybridized carbons (Fsp3) is 0.231. The highest BCUT2D eigenvalue weighted by Gasteiger charge is 2.12. The average molecular weight is 403 g/mol. The Labute approximate surface area is 179 Å². The summed E-state index contributed by atoms with van der Waals surface area (Å²) < 4.78 is 0. The second kappa shape index (κ2) is 12.2. The number of rotatable bonds is 7. The summed E-state index contributed by atoms with van der Waals surface area (Å²) in [6.07, 6.45) is 2.40. The number of aryl methyl sites for hydroxylation is 2. The average Bonchev–Trinajstić information content (AvgIpc) is 2.76. The van der Waals surface area contributed by atoms with Crippen molar-refractivity contribution in [1.29, 1.82) is 0 Å². The fourth-order valence-corrected chi connectivity index (χ4v) is 3.17. The molecule has 0 aromatic heterocycles. The van der Waals surface area contributed by atoms with E-state index in [1.807, 2.05) is 80.6 Å². The monoisotopic (exact) mass is 402 g/mol. The standard InChI is InChI=1S/C18H21NO.C8H9NO/c1-3-16-11-7-8-12-17(16)18(20)19-14(2)13-15-9-5-4-6-10-15;1-7-4-2-3-5-8(7)9-6-10/h4-12,14H,3,13H2,1-2H3,(H,19,20);2-6H,1H3,(H,9,10). The zero-order valence-electron chi connectivity index (χ0n) is 17.9. The van der Waals surface area contributed by atoms with E-state index in [9.17, 15) is 9.59 Å². The highest BCUT2D eigenvalue weighted by molar-refractivity contribution is 5.95. The van der Waals surface area contributed by atoms with Crippen LogP contribution in [0.15, 0.2) is 78.9 Å². The third kappa shape index (κ3) is 7.21. The van der Waals surface area contributed by atoms with E-state index in [-0.39, 0.29) is 11.9 Å². The number of nitrogens with one attached hydrogen (secondary N) is 2. The lowest BCUT2D eigenvalue weighted by Crippen LogP contribution is -2.34. The van der Waals surface area contributed by atoms with E-state index in [2.05, 4.69) is 29.7 Å². The Hall–Kier alpha value is -3.40. The van der Waals surface area contributed by atoms with E-state index in [0.29, 0.717) is 6.41 Å². The van der Waals surface area contributed by atoms with Gasteiger partial charge in [0.05, 0.1) is 0 Å². The molecule has 1 unspecified atom stereocenters. The van der Waals surface area contributed by atoms with Crippen LogP contribution < -0.4 is 10.6 Å². The molecule has 0 aliphatic rings. The first-order chi connectivity index (χ1) is 14.5. The molecule has 0 aliphatic carbocycles. The molecule has 0 saturated carbocycles. The number of para-hydroxylation sites is 1. The maximum Gasteiger partial charge on any atom is 0.251 e. The SMILES string of the molecule is CCc1ccccc1C(=O)NC(C)Cc1ccccc1.Cc1ccccc1NC=O. The highest BCUT2D eigenvalue weighted by atomic mass is 16.1. The molecule has 2 N–H and O–H groups in total. The second-order valence-corrected chi connectivity index (χ2v) is 7.15. The second-order valence-electron chi connectivity index (χ2n) is 7.15. The zero-order valence-corrected chi connectivity index (χ0v) is 17.9. The minimum absolute atomic E-state index is 0.0193. The van der Waals surface area contributed by atoms with Crippen molar-refractivity contribution in [2.24, 2.45) is 0 Å². The van der Waals surface area contributed by atoms with Crippen molar-refractivity contribution in [2.75, 3.05) is 5.32 Å². The summed E-state index contributed by atoms with van der Waals surface area (Å²) in [5.74, 6) is 0.0193. The van der Waals surface area contributed by atoms with Gasteiger partial charge in [-0.2, -0.15) is 0 Å². The fourth-order valence-electron chi connectivity index (χ4n) is 3.17. The van der Waals surface area contributed by atoms with Gasteiger partial charge in [0.25, 0.3) is 5.91 Å². The summed E-state index contributed by atoms with van der Waals surface area (Å²) in [5.41, 5.74) is 5.07. The van der Waals surface area contributed by atoms with Crippen LogP contribution in [0.1, 0.15) is 40.9 Å². The van der Waals surface area contributed by atoms with Crippen molar-refractivity contribution in [3.63, 3.8) is 0 Å². The number of benzene rings is 3. The van der Waals surface area contributed by atoms with Crippen LogP contribution in [0.4, 0.5) is 5.69 Å². The molecule has 156 valence electrons. The summed E-state index contributed by atoms with van der Waals surface area (Å²) >= 11 is 0. The molecule has 2 amide bonds. The van der Waals surface area contributed by atoms with Crippen LogP contribution in [0.3, 0.4) is 0 Å². The zero-order chi connectivity index (χ0) is 21.8. The maximum atomic E-state index is 12.3. The number of carbonyl (C=O) groups excluding carboxylic acids is 2. The third-order valence-corrected chi connectivity index (χ3v) is 4.76. The van der Waals surface area contributed by atoms with Crippen LogP contribution in [0, 0.1) is 6.92 Å². The first kappa shape index (κ1) is 22.9. The van der Waals surface area contributed by atoms with Crippen molar-refractivity contribution >= 4 is 18.0 Å². The molecule has 0 spiro atoms. The Morgan fingerprint density at radius 2 is 1.57 bits per heavy atom. The van der Waals surface area contributed by atoms with Crippen molar-refractivity contribution < 1.29 is 9.59 Å². The van der Waals surface area contributed by atoms with E-state index >= 15 is 0 Å². The Kier molecular flexibility index (Phi) is 9.32. The van der Waals surface area contributed by atoms with Gasteiger partial charge in [-0.05, 0) is 55.5 Å². The van der Waals surface area contributed by atoms with Gasteiger partial charge in [0.1, 0.15) is 0 Å². The van der Waals surface area contributed by atoms with Gasteiger partial charge in [0.15, 0.2) is 0 Å². The Balaban J connectivity index is 0.000000269. The molecule has 3 rings (SSSR count). The Morgan fingerprint density at radius 3 is 2.23 bits per heavy atom. The number of hydrogen-bond acceptors (Lipinski definition) is 2. The highest BCUT2D eigenvalue weighted by Crippen LogP contribution is 2.11. The van der Waals surface area contributed by atoms with Crippen LogP contribution in [0.25, 0.3) is 0 Å². The molecule has 3 aromatic carbocycles. The van der Waals surface area contributed by atoms with Crippen molar-refractivity contribution in [1.82, 2.24) is 5.32 Å². The number of amides is 2. The number of carbonyl (C=O) groups is 2. The summed E-state index contributed by atoms with van der Waals surface area (Å²) in [4.78, 5) is 22.3. The van der Waals surface area contributed by atoms with Crippen LogP contribution in [-0.2, 0) is 17.6 Å². The van der Waals surface area contributed by atoms with Crippen molar-refractivity contribution in [2.45, 2.75) is 39.7 Å². The lowest BCUT2D eigenvalue weighted by Gasteiger charge is -2.15. The normalized spacial score (nSPS) is 10.9. The largest absolute Gasteiger partial charge is 0.349 e. The molecule has 0 radical (unpaired) electrons. The minimum atomic E-state index is 0.0193. The van der Waals surface area contributed by atoms with Gasteiger partial charge < -0.3 is 10.6 Å². The number of anilines is 1. The summed E-state index contributed by atoms with van der Waals surface area (Å²) in [7, 11) is 0. The quantitative estimate of drug-likeness (QED) is 0.536. The van der Waals surface area contributed by atoms with Gasteiger partial charge in [0, 0.05) is 17.3 Å². The maximum absolute atomic E-state index is 12.3. The van der Waals surface area contributed by atoms with Crippen LogP contribution in [0.5, 0.6) is 0 Å². The van der Waals surface area contributed by atoms with Crippen LogP contribution >= 0.6 is 0 Å². The van der Waals surface area contributed by atoms with Gasteiger partial charge in [0.2, 0.25) is 6.41 Å². The molecule has 4 heteroatoms. The Bertz CT molecular complexity index is 939. The molecule has 0 saturated heterocycles. The molecule has 0 aliphatic heterocycles. The molecule has 1 atom stereocenters. The lowest BCUT2D eigenvalue weighted by molar-refractivity contribution is -0.105. The van der Waals surface area contributed by atoms with Crippen LogP contribution in [-0.4, -0.2) is 18.4 Å². The van der Waals surface area contributed by atoms with Crippen LogP contribution in [0.2, 0.25) is 0 Å². The number of hydrogen-bond donors (Lipinski definition) is 2. The molecular formula is C26H30N2O2. The first-order valence-corrected chi connectivity index (χ1v) is 10.2. The third-order valence-electron chi connectivity index (χ3n) is 4.76. The van der Waals surface area contributed by atoms with E-state index in [1.165, 1.54) is 5.56 Å². The van der Waals surface area contributed by atoms with E-state index < -0.39 is 0 Å². The minimum Gasteiger partial charge on any atom is -0.349 e. The van der Waals surface area contributed by atoms with Gasteiger partial charge in [-0.15, -0.1) is 0 Å². The van der Waals surface area contributed by atoms with E-state index in [0.717, 1.165) is 35.2 Å². The molecule has 0 heterocycles. The molecule has 4 nitrogen and oxygen atoms in total. The predicted octanol–water partition coefficient (Wildman–Crippen LogP) is 5.17. The molecular weight excluding hydrogens is 372 g/mol. The van der Waals surface area contributed by atoms with Gasteiger partial charge in [-0.3, -0.25) is 9.59 Å². The van der Waals surface area contributed by atoms with Crippen molar-refractivity contribution in [3.05, 3.63) is 101 Å². The summed E-state index contributed by atoms with van der Waals surface area (Å²) in [5, 5.41) is 5.68. The van der Waals surface area contributed by atoms with Gasteiger partial charge in [-0.25, -0.2) is 0 Å². The Morgan fingerprint density at radius 1 is 0.933 bits per heavy atom. The smallest absolute Gasteiger partial charge is 0.251 e. The summed E-state index contributed by atoms with van der Waals surface area (Å²) in [6, 6.07) is 25.8. The lowest BCUT2D eigenvalue weighted by atomic mass is 10.0. The summed E-state index contributed by atoms with van der Waals surface area (Å²) in [6.45, 7) is 6.06. The van der Waals surface area contributed by atoms with E-state index in [1.54, 1.807) is 0 Å². The topological polar surface area (TPSA) is 58.2 Å². The molecule has 3 aromatic rings. The first-order valence-electron chi connectivity index (χ1n) is 10.2. The molecule has 30 heavy (non-hydrogen) atoms. The van der Waals surface area contributed by atoms with Gasteiger partial charge in [-0.1, -0.05) is 73.7 Å². The van der Waals surface area contributed by atoms with Gasteiger partial charge >= 0.3 is 0 Å². The van der Waals surface area contributed by atoms with E-state index in [4.69, 9.17) is 0 Å².